The predicted octanol–water partition coefficient (Wildman–Crippen LogP) is 4.94. The Morgan fingerprint density at radius 3 is 2.73 bits per heavy atom. The Balaban J connectivity index is 2.26. The quantitative estimate of drug-likeness (QED) is 0.704. The molecule has 0 saturated heterocycles. The Morgan fingerprint density at radius 2 is 2.00 bits per heavy atom. The summed E-state index contributed by atoms with van der Waals surface area (Å²) in [6.07, 6.45) is -0.0860. The van der Waals surface area contributed by atoms with Gasteiger partial charge in [-0.15, -0.1) is 0 Å². The number of carboxylic acids is 1. The van der Waals surface area contributed by atoms with Crippen molar-refractivity contribution in [1.82, 2.24) is 4.98 Å². The number of nitrogens with zero attached hydrogens (tertiary/aromatic N) is 1. The second-order valence-electron chi connectivity index (χ2n) is 4.91. The molecular formula is C17H11BrClNO2. The van der Waals surface area contributed by atoms with Crippen molar-refractivity contribution in [2.45, 2.75) is 6.42 Å². The standard InChI is InChI=1S/C17H11BrClNO2/c18-13-4-5-15-11(7-13)6-12(9-16(21)22)17(20-15)10-2-1-3-14(19)8-10/h1-8H,9H2,(H,21,22). The molecule has 2 aromatic carbocycles. The minimum Gasteiger partial charge on any atom is -0.481 e. The zero-order valence-corrected chi connectivity index (χ0v) is 13.7. The fraction of sp³-hybridized carbons (Fsp3) is 0.0588. The predicted molar refractivity (Wildman–Crippen MR) is 91.2 cm³/mol. The lowest BCUT2D eigenvalue weighted by Crippen LogP contribution is -2.03. The molecule has 1 N–H and O–H groups in total. The normalized spacial score (nSPS) is 10.8. The molecule has 1 aromatic heterocycles. The van der Waals surface area contributed by atoms with Crippen molar-refractivity contribution in [2.75, 3.05) is 0 Å². The summed E-state index contributed by atoms with van der Waals surface area (Å²) in [5.41, 5.74) is 2.95. The summed E-state index contributed by atoms with van der Waals surface area (Å²) in [4.78, 5) is 15.8. The van der Waals surface area contributed by atoms with Gasteiger partial charge in [0.15, 0.2) is 0 Å². The summed E-state index contributed by atoms with van der Waals surface area (Å²) in [7, 11) is 0. The minimum absolute atomic E-state index is 0.0860. The molecule has 3 aromatic rings. The van der Waals surface area contributed by atoms with Crippen LogP contribution in [0.25, 0.3) is 22.2 Å². The van der Waals surface area contributed by atoms with Gasteiger partial charge in [-0.3, -0.25) is 4.79 Å². The maximum absolute atomic E-state index is 11.2. The number of pyridine rings is 1. The third kappa shape index (κ3) is 3.13. The monoisotopic (exact) mass is 375 g/mol. The van der Waals surface area contributed by atoms with E-state index in [0.29, 0.717) is 16.3 Å². The highest BCUT2D eigenvalue weighted by Crippen LogP contribution is 2.29. The van der Waals surface area contributed by atoms with Gasteiger partial charge < -0.3 is 5.11 Å². The number of aliphatic carboxylic acids is 1. The molecule has 110 valence electrons. The maximum atomic E-state index is 11.2. The summed E-state index contributed by atoms with van der Waals surface area (Å²) in [5, 5.41) is 10.6. The summed E-state index contributed by atoms with van der Waals surface area (Å²) >= 11 is 9.46. The number of carbonyl (C=O) groups is 1. The highest BCUT2D eigenvalue weighted by atomic mass is 79.9. The van der Waals surface area contributed by atoms with Crippen molar-refractivity contribution < 1.29 is 9.90 Å². The molecule has 22 heavy (non-hydrogen) atoms. The van der Waals surface area contributed by atoms with Gasteiger partial charge in [-0.25, -0.2) is 4.98 Å². The van der Waals surface area contributed by atoms with Crippen LogP contribution in [0.15, 0.2) is 53.0 Å². The molecule has 0 saturated carbocycles. The Bertz CT molecular complexity index is 880. The van der Waals surface area contributed by atoms with Crippen LogP contribution in [-0.4, -0.2) is 16.1 Å². The van der Waals surface area contributed by atoms with Crippen molar-refractivity contribution in [3.05, 3.63) is 63.6 Å². The molecule has 0 aliphatic heterocycles. The molecule has 3 nitrogen and oxygen atoms in total. The van der Waals surface area contributed by atoms with E-state index in [0.717, 1.165) is 20.9 Å². The average molecular weight is 377 g/mol. The first-order valence-corrected chi connectivity index (χ1v) is 7.77. The molecule has 0 aliphatic carbocycles. The number of fused-ring (bicyclic) bond motifs is 1. The molecule has 0 fully saturated rings. The van der Waals surface area contributed by atoms with Crippen LogP contribution in [0.5, 0.6) is 0 Å². The Hall–Kier alpha value is -1.91. The van der Waals surface area contributed by atoms with E-state index in [4.69, 9.17) is 16.7 Å². The van der Waals surface area contributed by atoms with Crippen molar-refractivity contribution in [1.29, 1.82) is 0 Å². The van der Waals surface area contributed by atoms with Gasteiger partial charge in [0.2, 0.25) is 0 Å². The van der Waals surface area contributed by atoms with Gasteiger partial charge in [-0.2, -0.15) is 0 Å². The molecule has 0 atom stereocenters. The van der Waals surface area contributed by atoms with E-state index in [1.54, 1.807) is 12.1 Å². The number of rotatable bonds is 3. The zero-order chi connectivity index (χ0) is 15.7. The smallest absolute Gasteiger partial charge is 0.307 e. The van der Waals surface area contributed by atoms with E-state index in [2.05, 4.69) is 20.9 Å². The number of carboxylic acid groups (broad SMARTS) is 1. The van der Waals surface area contributed by atoms with Gasteiger partial charge in [0.25, 0.3) is 0 Å². The summed E-state index contributed by atoms with van der Waals surface area (Å²) in [6.45, 7) is 0. The minimum atomic E-state index is -0.889. The molecule has 0 spiro atoms. The lowest BCUT2D eigenvalue weighted by Gasteiger charge is -2.10. The third-order valence-corrected chi connectivity index (χ3v) is 4.02. The maximum Gasteiger partial charge on any atom is 0.307 e. The Morgan fingerprint density at radius 1 is 1.18 bits per heavy atom. The molecule has 0 bridgehead atoms. The number of aromatic nitrogens is 1. The first kappa shape index (κ1) is 15.0. The van der Waals surface area contributed by atoms with Crippen LogP contribution < -0.4 is 0 Å². The van der Waals surface area contributed by atoms with Crippen LogP contribution in [0, 0.1) is 0 Å². The van der Waals surface area contributed by atoms with E-state index in [1.165, 1.54) is 0 Å². The fourth-order valence-electron chi connectivity index (χ4n) is 2.37. The lowest BCUT2D eigenvalue weighted by atomic mass is 10.0. The Kier molecular flexibility index (Phi) is 4.14. The second-order valence-corrected chi connectivity index (χ2v) is 6.27. The average Bonchev–Trinajstić information content (AvgIpc) is 2.45. The van der Waals surface area contributed by atoms with Crippen LogP contribution >= 0.6 is 27.5 Å². The van der Waals surface area contributed by atoms with Gasteiger partial charge in [0.05, 0.1) is 17.6 Å². The van der Waals surface area contributed by atoms with Crippen LogP contribution in [0.1, 0.15) is 5.56 Å². The molecule has 3 rings (SSSR count). The molecule has 0 aliphatic rings. The van der Waals surface area contributed by atoms with Crippen LogP contribution in [0.3, 0.4) is 0 Å². The van der Waals surface area contributed by atoms with Crippen molar-refractivity contribution in [3.8, 4) is 11.3 Å². The number of benzene rings is 2. The highest BCUT2D eigenvalue weighted by Gasteiger charge is 2.13. The van der Waals surface area contributed by atoms with Crippen molar-refractivity contribution in [3.63, 3.8) is 0 Å². The molecule has 0 radical (unpaired) electrons. The van der Waals surface area contributed by atoms with Gasteiger partial charge in [0.1, 0.15) is 0 Å². The van der Waals surface area contributed by atoms with E-state index < -0.39 is 5.97 Å². The van der Waals surface area contributed by atoms with Gasteiger partial charge >= 0.3 is 5.97 Å². The van der Waals surface area contributed by atoms with Crippen LogP contribution in [0.2, 0.25) is 5.02 Å². The Labute approximate surface area is 140 Å². The van der Waals surface area contributed by atoms with E-state index in [9.17, 15) is 4.79 Å². The molecule has 5 heteroatoms. The van der Waals surface area contributed by atoms with Crippen LogP contribution in [-0.2, 0) is 11.2 Å². The topological polar surface area (TPSA) is 50.2 Å². The summed E-state index contributed by atoms with van der Waals surface area (Å²) in [6, 6.07) is 14.9. The van der Waals surface area contributed by atoms with Crippen molar-refractivity contribution >= 4 is 44.4 Å². The first-order valence-electron chi connectivity index (χ1n) is 6.60. The lowest BCUT2D eigenvalue weighted by molar-refractivity contribution is -0.136. The van der Waals surface area contributed by atoms with Gasteiger partial charge in [-0.05, 0) is 42.0 Å². The zero-order valence-electron chi connectivity index (χ0n) is 11.4. The van der Waals surface area contributed by atoms with E-state index in [1.807, 2.05) is 36.4 Å². The largest absolute Gasteiger partial charge is 0.481 e. The number of hydrogen-bond donors (Lipinski definition) is 1. The van der Waals surface area contributed by atoms with E-state index in [-0.39, 0.29) is 6.42 Å². The highest BCUT2D eigenvalue weighted by molar-refractivity contribution is 9.10. The molecule has 1 heterocycles. The molecular weight excluding hydrogens is 366 g/mol. The molecule has 0 amide bonds. The second kappa shape index (κ2) is 6.07. The first-order chi connectivity index (χ1) is 10.5. The van der Waals surface area contributed by atoms with Crippen molar-refractivity contribution in [2.24, 2.45) is 0 Å². The summed E-state index contributed by atoms with van der Waals surface area (Å²) < 4.78 is 0.929. The third-order valence-electron chi connectivity index (χ3n) is 3.30. The van der Waals surface area contributed by atoms with E-state index >= 15 is 0 Å². The fourth-order valence-corrected chi connectivity index (χ4v) is 2.94. The molecule has 0 unspecified atom stereocenters. The number of hydrogen-bond acceptors (Lipinski definition) is 2. The van der Waals surface area contributed by atoms with Gasteiger partial charge in [-0.1, -0.05) is 39.7 Å². The SMILES string of the molecule is O=C(O)Cc1cc2cc(Br)ccc2nc1-c1cccc(Cl)c1. The van der Waals surface area contributed by atoms with Gasteiger partial charge in [0, 0.05) is 20.4 Å². The summed E-state index contributed by atoms with van der Waals surface area (Å²) in [5.74, 6) is -0.889. The van der Waals surface area contributed by atoms with Crippen LogP contribution in [0.4, 0.5) is 0 Å². The number of halogens is 2.